The van der Waals surface area contributed by atoms with Gasteiger partial charge in [0.05, 0.1) is 6.04 Å². The standard InChI is InChI=1S/C10H15IN2O3/c1-6(9(11)15)12-10(16)8-4-3-5-13(8)7(2)14/h6,8H,3-5H2,1-2H3,(H,12,16). The molecular formula is C10H15IN2O3. The van der Waals surface area contributed by atoms with Crippen molar-refractivity contribution >= 4 is 38.2 Å². The summed E-state index contributed by atoms with van der Waals surface area (Å²) in [6, 6.07) is -0.904. The van der Waals surface area contributed by atoms with E-state index < -0.39 is 12.1 Å². The van der Waals surface area contributed by atoms with Crippen LogP contribution < -0.4 is 5.32 Å². The molecule has 2 unspecified atom stereocenters. The van der Waals surface area contributed by atoms with E-state index in [1.807, 2.05) is 0 Å². The Morgan fingerprint density at radius 3 is 2.56 bits per heavy atom. The molecule has 16 heavy (non-hydrogen) atoms. The van der Waals surface area contributed by atoms with E-state index in [2.05, 4.69) is 5.32 Å². The van der Waals surface area contributed by atoms with E-state index in [1.165, 1.54) is 6.92 Å². The third-order valence-corrected chi connectivity index (χ3v) is 3.59. The third-order valence-electron chi connectivity index (χ3n) is 2.66. The SMILES string of the molecule is CC(=O)N1CCCC1C(=O)NC(C)C(=O)I. The van der Waals surface area contributed by atoms with Crippen molar-refractivity contribution in [2.24, 2.45) is 0 Å². The lowest BCUT2D eigenvalue weighted by molar-refractivity contribution is -0.137. The van der Waals surface area contributed by atoms with E-state index in [-0.39, 0.29) is 15.6 Å². The van der Waals surface area contributed by atoms with Crippen molar-refractivity contribution in [3.63, 3.8) is 0 Å². The van der Waals surface area contributed by atoms with Crippen LogP contribution in [0.2, 0.25) is 0 Å². The van der Waals surface area contributed by atoms with Crippen molar-refractivity contribution in [1.82, 2.24) is 10.2 Å². The second-order valence-electron chi connectivity index (χ2n) is 3.90. The van der Waals surface area contributed by atoms with Crippen LogP contribution in [0.5, 0.6) is 0 Å². The molecule has 1 heterocycles. The molecule has 0 aromatic rings. The number of carbonyl (C=O) groups is 3. The zero-order valence-corrected chi connectivity index (χ0v) is 11.5. The number of carbonyl (C=O) groups excluding carboxylic acids is 3. The van der Waals surface area contributed by atoms with Crippen LogP contribution in [0.15, 0.2) is 0 Å². The average molecular weight is 338 g/mol. The lowest BCUT2D eigenvalue weighted by atomic mass is 10.2. The van der Waals surface area contributed by atoms with Crippen molar-refractivity contribution < 1.29 is 14.4 Å². The lowest BCUT2D eigenvalue weighted by Gasteiger charge is -2.23. The molecule has 1 rings (SSSR count). The van der Waals surface area contributed by atoms with Gasteiger partial charge in [-0.3, -0.25) is 14.4 Å². The van der Waals surface area contributed by atoms with Crippen molar-refractivity contribution in [2.75, 3.05) is 6.54 Å². The van der Waals surface area contributed by atoms with Crippen LogP contribution in [0, 0.1) is 0 Å². The van der Waals surface area contributed by atoms with Crippen LogP contribution in [-0.4, -0.2) is 39.1 Å². The zero-order chi connectivity index (χ0) is 12.3. The monoisotopic (exact) mass is 338 g/mol. The van der Waals surface area contributed by atoms with E-state index >= 15 is 0 Å². The zero-order valence-electron chi connectivity index (χ0n) is 9.33. The van der Waals surface area contributed by atoms with Gasteiger partial charge in [-0.25, -0.2) is 0 Å². The molecule has 0 spiro atoms. The molecule has 0 aromatic carbocycles. The van der Waals surface area contributed by atoms with Crippen molar-refractivity contribution in [3.8, 4) is 0 Å². The molecule has 6 heteroatoms. The van der Waals surface area contributed by atoms with Gasteiger partial charge in [-0.05, 0) is 19.8 Å². The Bertz CT molecular complexity index is 319. The van der Waals surface area contributed by atoms with Crippen molar-refractivity contribution in [1.29, 1.82) is 0 Å². The summed E-state index contributed by atoms with van der Waals surface area (Å²) in [4.78, 5) is 35.6. The predicted molar refractivity (Wildman–Crippen MR) is 67.0 cm³/mol. The summed E-state index contributed by atoms with van der Waals surface area (Å²) in [5.74, 6) is -0.323. The highest BCUT2D eigenvalue weighted by Gasteiger charge is 2.33. The van der Waals surface area contributed by atoms with E-state index in [9.17, 15) is 14.4 Å². The normalized spacial score (nSPS) is 21.7. The van der Waals surface area contributed by atoms with Gasteiger partial charge in [-0.1, -0.05) is 0 Å². The average Bonchev–Trinajstić information content (AvgIpc) is 2.65. The Morgan fingerprint density at radius 1 is 1.44 bits per heavy atom. The quantitative estimate of drug-likeness (QED) is 0.601. The van der Waals surface area contributed by atoms with Gasteiger partial charge in [0.25, 0.3) is 0 Å². The predicted octanol–water partition coefficient (Wildman–Crippen LogP) is 0.464. The minimum atomic E-state index is -0.498. The maximum atomic E-state index is 11.8. The van der Waals surface area contributed by atoms with Crippen molar-refractivity contribution in [2.45, 2.75) is 38.8 Å². The fraction of sp³-hybridized carbons (Fsp3) is 0.700. The van der Waals surface area contributed by atoms with Crippen LogP contribution in [0.1, 0.15) is 26.7 Å². The van der Waals surface area contributed by atoms with Gasteiger partial charge in [0.1, 0.15) is 6.04 Å². The Hall–Kier alpha value is -0.660. The Balaban J connectivity index is 2.60. The first kappa shape index (κ1) is 13.4. The van der Waals surface area contributed by atoms with E-state index in [0.29, 0.717) is 13.0 Å². The number of amides is 2. The number of likely N-dealkylation sites (tertiary alicyclic amines) is 1. The first-order valence-corrected chi connectivity index (χ1v) is 6.28. The molecule has 1 fully saturated rings. The molecule has 0 radical (unpaired) electrons. The Kier molecular flexibility index (Phi) is 4.69. The number of halogens is 1. The van der Waals surface area contributed by atoms with Gasteiger partial charge < -0.3 is 10.2 Å². The highest BCUT2D eigenvalue weighted by molar-refractivity contribution is 14.1. The van der Waals surface area contributed by atoms with Gasteiger partial charge >= 0.3 is 0 Å². The second kappa shape index (κ2) is 5.60. The first-order valence-electron chi connectivity index (χ1n) is 5.20. The largest absolute Gasteiger partial charge is 0.344 e. The van der Waals surface area contributed by atoms with Gasteiger partial charge in [-0.2, -0.15) is 0 Å². The van der Waals surface area contributed by atoms with Gasteiger partial charge in [-0.15, -0.1) is 0 Å². The van der Waals surface area contributed by atoms with Crippen LogP contribution in [-0.2, 0) is 14.4 Å². The summed E-state index contributed by atoms with van der Waals surface area (Å²) in [6.45, 7) is 3.72. The fourth-order valence-electron chi connectivity index (χ4n) is 1.78. The third kappa shape index (κ3) is 3.16. The lowest BCUT2D eigenvalue weighted by Crippen LogP contribution is -2.48. The Morgan fingerprint density at radius 2 is 2.06 bits per heavy atom. The summed E-state index contributed by atoms with van der Waals surface area (Å²) in [6.07, 6.45) is 1.51. The minimum absolute atomic E-state index is 0.0916. The topological polar surface area (TPSA) is 66.5 Å². The molecule has 2 amide bonds. The molecular weight excluding hydrogens is 323 g/mol. The second-order valence-corrected chi connectivity index (χ2v) is 4.97. The van der Waals surface area contributed by atoms with Crippen molar-refractivity contribution in [3.05, 3.63) is 0 Å². The molecule has 1 N–H and O–H groups in total. The first-order chi connectivity index (χ1) is 7.43. The Labute approximate surface area is 108 Å². The number of nitrogens with one attached hydrogen (secondary N) is 1. The highest BCUT2D eigenvalue weighted by Crippen LogP contribution is 2.17. The summed E-state index contributed by atoms with van der Waals surface area (Å²) in [5.41, 5.74) is 0. The molecule has 90 valence electrons. The summed E-state index contributed by atoms with van der Waals surface area (Å²) >= 11 is 1.65. The molecule has 1 aliphatic rings. The van der Waals surface area contributed by atoms with Crippen LogP contribution in [0.25, 0.3) is 0 Å². The number of nitrogens with zero attached hydrogens (tertiary/aromatic N) is 1. The van der Waals surface area contributed by atoms with Crippen LogP contribution in [0.3, 0.4) is 0 Å². The summed E-state index contributed by atoms with van der Waals surface area (Å²) in [7, 11) is 0. The van der Waals surface area contributed by atoms with Gasteiger partial charge in [0, 0.05) is 36.1 Å². The van der Waals surface area contributed by atoms with Crippen LogP contribution in [0.4, 0.5) is 0 Å². The molecule has 2 atom stereocenters. The molecule has 5 nitrogen and oxygen atoms in total. The molecule has 1 saturated heterocycles. The molecule has 0 bridgehead atoms. The van der Waals surface area contributed by atoms with E-state index in [1.54, 1.807) is 34.4 Å². The van der Waals surface area contributed by atoms with Crippen LogP contribution >= 0.6 is 22.6 Å². The van der Waals surface area contributed by atoms with Gasteiger partial charge in [0.15, 0.2) is 0 Å². The number of rotatable bonds is 3. The smallest absolute Gasteiger partial charge is 0.243 e. The van der Waals surface area contributed by atoms with E-state index in [4.69, 9.17) is 0 Å². The van der Waals surface area contributed by atoms with E-state index in [0.717, 1.165) is 6.42 Å². The molecule has 0 aliphatic carbocycles. The number of hydrogen-bond acceptors (Lipinski definition) is 3. The summed E-state index contributed by atoms with van der Waals surface area (Å²) < 4.78 is -0.113. The fourth-order valence-corrected chi connectivity index (χ4v) is 1.94. The highest BCUT2D eigenvalue weighted by atomic mass is 127. The molecule has 1 aliphatic heterocycles. The number of hydrogen-bond donors (Lipinski definition) is 1. The molecule has 0 aromatic heterocycles. The minimum Gasteiger partial charge on any atom is -0.344 e. The summed E-state index contributed by atoms with van der Waals surface area (Å²) in [5, 5.41) is 2.62. The maximum absolute atomic E-state index is 11.8. The molecule has 0 saturated carbocycles. The maximum Gasteiger partial charge on any atom is 0.243 e. The van der Waals surface area contributed by atoms with Gasteiger partial charge in [0.2, 0.25) is 15.6 Å².